The highest BCUT2D eigenvalue weighted by Crippen LogP contribution is 2.17. The highest BCUT2D eigenvalue weighted by Gasteiger charge is 2.28. The molecule has 0 aliphatic carbocycles. The number of alkyl halides is 3. The van der Waals surface area contributed by atoms with Gasteiger partial charge in [-0.2, -0.15) is 13.2 Å². The molecule has 116 valence electrons. The van der Waals surface area contributed by atoms with Crippen molar-refractivity contribution in [2.45, 2.75) is 37.6 Å². The van der Waals surface area contributed by atoms with E-state index in [1.54, 1.807) is 13.8 Å². The third-order valence-corrected chi connectivity index (χ3v) is 3.03. The van der Waals surface area contributed by atoms with E-state index in [4.69, 9.17) is 5.14 Å². The van der Waals surface area contributed by atoms with Gasteiger partial charge < -0.3 is 4.74 Å². The third-order valence-electron chi connectivity index (χ3n) is 2.24. The molecule has 1 rings (SSSR count). The predicted octanol–water partition coefficient (Wildman–Crippen LogP) is 0.628. The lowest BCUT2D eigenvalue weighted by Crippen LogP contribution is -2.22. The fourth-order valence-electron chi connectivity index (χ4n) is 1.54. The van der Waals surface area contributed by atoms with Crippen molar-refractivity contribution in [2.24, 2.45) is 5.14 Å². The molecule has 0 saturated carbocycles. The summed E-state index contributed by atoms with van der Waals surface area (Å²) in [6, 6.07) is -0.309. The van der Waals surface area contributed by atoms with Crippen LogP contribution in [0.5, 0.6) is 0 Å². The lowest BCUT2D eigenvalue weighted by atomic mass is 10.3. The van der Waals surface area contributed by atoms with Gasteiger partial charge in [-0.15, -0.1) is 10.2 Å². The van der Waals surface area contributed by atoms with Crippen molar-refractivity contribution in [3.05, 3.63) is 5.82 Å². The second kappa shape index (κ2) is 6.06. The zero-order chi connectivity index (χ0) is 15.6. The number of rotatable bonds is 6. The van der Waals surface area contributed by atoms with Gasteiger partial charge in [0.1, 0.15) is 12.4 Å². The summed E-state index contributed by atoms with van der Waals surface area (Å²) in [7, 11) is -4.04. The maximum absolute atomic E-state index is 11.9. The summed E-state index contributed by atoms with van der Waals surface area (Å²) in [5.74, 6) is 0.200. The summed E-state index contributed by atoms with van der Waals surface area (Å²) >= 11 is 0. The Morgan fingerprint density at radius 3 is 2.40 bits per heavy atom. The van der Waals surface area contributed by atoms with Crippen LogP contribution in [0.2, 0.25) is 0 Å². The molecule has 1 aromatic heterocycles. The van der Waals surface area contributed by atoms with Crippen molar-refractivity contribution >= 4 is 10.0 Å². The first kappa shape index (κ1) is 16.9. The Morgan fingerprint density at radius 1 is 1.35 bits per heavy atom. The van der Waals surface area contributed by atoms with Crippen LogP contribution in [0.25, 0.3) is 0 Å². The zero-order valence-corrected chi connectivity index (χ0v) is 11.7. The van der Waals surface area contributed by atoms with Gasteiger partial charge in [-0.3, -0.25) is 4.57 Å². The molecular formula is C9H15F3N4O3S. The van der Waals surface area contributed by atoms with Gasteiger partial charge >= 0.3 is 6.18 Å². The summed E-state index contributed by atoms with van der Waals surface area (Å²) in [6.45, 7) is 1.73. The van der Waals surface area contributed by atoms with Crippen LogP contribution >= 0.6 is 0 Å². The molecule has 0 atom stereocenters. The Kier molecular flexibility index (Phi) is 5.10. The number of halogens is 3. The van der Waals surface area contributed by atoms with Crippen molar-refractivity contribution in [1.29, 1.82) is 0 Å². The largest absolute Gasteiger partial charge is 0.411 e. The van der Waals surface area contributed by atoms with Gasteiger partial charge in [-0.25, -0.2) is 13.6 Å². The minimum Gasteiger partial charge on any atom is -0.372 e. The van der Waals surface area contributed by atoms with Crippen molar-refractivity contribution in [1.82, 2.24) is 14.8 Å². The second-order valence-corrected chi connectivity index (χ2v) is 5.78. The number of aromatic nitrogens is 3. The molecule has 0 aliphatic heterocycles. The summed E-state index contributed by atoms with van der Waals surface area (Å²) in [5.41, 5.74) is 0. The van der Waals surface area contributed by atoms with Crippen LogP contribution < -0.4 is 5.14 Å². The Hall–Kier alpha value is -1.20. The highest BCUT2D eigenvalue weighted by atomic mass is 32.2. The van der Waals surface area contributed by atoms with E-state index >= 15 is 0 Å². The maximum atomic E-state index is 11.9. The molecule has 0 aliphatic rings. The molecule has 1 heterocycles. The smallest absolute Gasteiger partial charge is 0.372 e. The van der Waals surface area contributed by atoms with E-state index in [1.807, 2.05) is 0 Å². The Labute approximate surface area is 114 Å². The van der Waals surface area contributed by atoms with Crippen LogP contribution in [0, 0.1) is 0 Å². The maximum Gasteiger partial charge on any atom is 0.411 e. The number of nitrogens with zero attached hydrogens (tertiary/aromatic N) is 3. The number of primary sulfonamides is 1. The van der Waals surface area contributed by atoms with E-state index in [1.165, 1.54) is 4.57 Å². The van der Waals surface area contributed by atoms with E-state index in [0.717, 1.165) is 0 Å². The summed E-state index contributed by atoms with van der Waals surface area (Å²) < 4.78 is 64.0. The van der Waals surface area contributed by atoms with E-state index in [-0.39, 0.29) is 24.9 Å². The van der Waals surface area contributed by atoms with Crippen molar-refractivity contribution in [2.75, 3.05) is 13.2 Å². The minimum atomic E-state index is -4.41. The van der Waals surface area contributed by atoms with Gasteiger partial charge in [0, 0.05) is 12.5 Å². The van der Waals surface area contributed by atoms with Gasteiger partial charge in [0.15, 0.2) is 0 Å². The van der Waals surface area contributed by atoms with E-state index in [0.29, 0.717) is 0 Å². The number of hydrogen-bond acceptors (Lipinski definition) is 5. The molecule has 0 spiro atoms. The van der Waals surface area contributed by atoms with Crippen LogP contribution in [0.15, 0.2) is 5.16 Å². The van der Waals surface area contributed by atoms with Crippen LogP contribution in [0.4, 0.5) is 13.2 Å². The first-order valence-corrected chi connectivity index (χ1v) is 7.18. The fourth-order valence-corrected chi connectivity index (χ4v) is 2.29. The average molecular weight is 316 g/mol. The lowest BCUT2D eigenvalue weighted by Gasteiger charge is -2.13. The van der Waals surface area contributed by atoms with Crippen molar-refractivity contribution in [3.8, 4) is 0 Å². The van der Waals surface area contributed by atoms with Crippen molar-refractivity contribution in [3.63, 3.8) is 0 Å². The molecular weight excluding hydrogens is 301 g/mol. The Bertz CT molecular complexity index is 553. The van der Waals surface area contributed by atoms with Gasteiger partial charge in [0.05, 0.1) is 6.61 Å². The van der Waals surface area contributed by atoms with Gasteiger partial charge in [0.25, 0.3) is 15.2 Å². The first-order valence-electron chi connectivity index (χ1n) is 5.63. The van der Waals surface area contributed by atoms with Crippen LogP contribution in [0.1, 0.15) is 25.7 Å². The molecule has 0 unspecified atom stereocenters. The number of ether oxygens (including phenoxy) is 1. The van der Waals surface area contributed by atoms with E-state index in [9.17, 15) is 21.6 Å². The highest BCUT2D eigenvalue weighted by molar-refractivity contribution is 7.89. The van der Waals surface area contributed by atoms with E-state index in [2.05, 4.69) is 14.9 Å². The number of sulfonamides is 1. The van der Waals surface area contributed by atoms with Crippen LogP contribution in [-0.2, 0) is 21.2 Å². The summed E-state index contributed by atoms with van der Waals surface area (Å²) in [5, 5.41) is 11.7. The molecule has 20 heavy (non-hydrogen) atoms. The molecule has 0 amide bonds. The lowest BCUT2D eigenvalue weighted by molar-refractivity contribution is -0.173. The topological polar surface area (TPSA) is 100 Å². The fraction of sp³-hybridized carbons (Fsp3) is 0.778. The van der Waals surface area contributed by atoms with Gasteiger partial charge in [0.2, 0.25) is 0 Å². The summed E-state index contributed by atoms with van der Waals surface area (Å²) in [6.07, 6.45) is -4.41. The molecule has 0 fully saturated rings. The molecule has 2 N–H and O–H groups in total. The number of hydrogen-bond donors (Lipinski definition) is 1. The Morgan fingerprint density at radius 2 is 1.95 bits per heavy atom. The Balaban J connectivity index is 2.79. The second-order valence-electron chi connectivity index (χ2n) is 4.33. The monoisotopic (exact) mass is 316 g/mol. The minimum absolute atomic E-state index is 0.00319. The van der Waals surface area contributed by atoms with Crippen LogP contribution in [-0.4, -0.2) is 42.6 Å². The third kappa shape index (κ3) is 4.72. The molecule has 0 aromatic carbocycles. The van der Waals surface area contributed by atoms with Gasteiger partial charge in [-0.05, 0) is 13.8 Å². The zero-order valence-electron chi connectivity index (χ0n) is 10.9. The molecule has 7 nitrogen and oxygen atoms in total. The molecule has 0 bridgehead atoms. The molecule has 1 aromatic rings. The SMILES string of the molecule is CC(C)n1c(CCOCC(F)(F)F)nnc1S(N)(=O)=O. The predicted molar refractivity (Wildman–Crippen MR) is 62.4 cm³/mol. The summed E-state index contributed by atoms with van der Waals surface area (Å²) in [4.78, 5) is 0. The van der Waals surface area contributed by atoms with Crippen LogP contribution in [0.3, 0.4) is 0 Å². The quantitative estimate of drug-likeness (QED) is 0.776. The normalized spacial score (nSPS) is 13.2. The first-order chi connectivity index (χ1) is 9.02. The number of nitrogens with two attached hydrogens (primary N) is 1. The van der Waals surface area contributed by atoms with Crippen molar-refractivity contribution < 1.29 is 26.3 Å². The molecule has 0 radical (unpaired) electrons. The molecule has 0 saturated heterocycles. The average Bonchev–Trinajstić information content (AvgIpc) is 2.66. The molecule has 11 heteroatoms. The van der Waals surface area contributed by atoms with E-state index < -0.39 is 28.0 Å². The standard InChI is InChI=1S/C9H15F3N4O3S/c1-6(2)16-7(3-4-19-5-9(10,11)12)14-15-8(16)20(13,17)18/h6H,3-5H2,1-2H3,(H2,13,17,18). The van der Waals surface area contributed by atoms with Gasteiger partial charge in [-0.1, -0.05) is 0 Å².